The molecular formula is C16H41Cd4N5O8-2. The summed E-state index contributed by atoms with van der Waals surface area (Å²) >= 11 is 0. The summed E-state index contributed by atoms with van der Waals surface area (Å²) < 4.78 is 0. The topological polar surface area (TPSA) is 322 Å². The van der Waals surface area contributed by atoms with Crippen molar-refractivity contribution in [3.8, 4) is 0 Å². The Hall–Kier alpha value is 2.49. The second-order valence-electron chi connectivity index (χ2n) is 6.25. The first-order chi connectivity index (χ1) is 11.4. The van der Waals surface area contributed by atoms with Gasteiger partial charge in [-0.05, 0) is 11.5 Å². The first-order valence-electron chi connectivity index (χ1n) is 8.36. The predicted molar refractivity (Wildman–Crippen MR) is 111 cm³/mol. The van der Waals surface area contributed by atoms with Crippen LogP contribution in [0.25, 0.3) is 16.8 Å². The minimum absolute atomic E-state index is 0. The van der Waals surface area contributed by atoms with Gasteiger partial charge in [-0.2, -0.15) is 6.20 Å². The SMILES string of the molecule is NC(CC(O)O)C1CCC[N-]C1.O.O.O.O.[Cd].[Cd].[Cd].[Cd].[NH2-].[NH3+]C(CC(O)O)C1=CC=C[N-]C1. The van der Waals surface area contributed by atoms with Crippen LogP contribution in [0.1, 0.15) is 25.7 Å². The van der Waals surface area contributed by atoms with Crippen molar-refractivity contribution in [3.63, 3.8) is 0 Å². The van der Waals surface area contributed by atoms with Crippen molar-refractivity contribution in [1.29, 1.82) is 0 Å². The Morgan fingerprint density at radius 2 is 1.48 bits per heavy atom. The van der Waals surface area contributed by atoms with E-state index < -0.39 is 12.6 Å². The fourth-order valence-corrected chi connectivity index (χ4v) is 2.71. The molecule has 2 aliphatic heterocycles. The third-order valence-corrected chi connectivity index (χ3v) is 4.14. The van der Waals surface area contributed by atoms with E-state index in [-0.39, 0.29) is 162 Å². The van der Waals surface area contributed by atoms with Gasteiger partial charge < -0.3 is 70.6 Å². The Bertz CT molecular complexity index is 424. The zero-order valence-corrected chi connectivity index (χ0v) is 35.6. The molecule has 13 nitrogen and oxygen atoms in total. The summed E-state index contributed by atoms with van der Waals surface area (Å²) in [6, 6.07) is -0.173. The molecule has 1 saturated heterocycles. The quantitative estimate of drug-likeness (QED) is 0.116. The molecule has 0 aliphatic carbocycles. The van der Waals surface area contributed by atoms with Crippen LogP contribution < -0.4 is 11.5 Å². The number of nitrogens with zero attached hydrogens (tertiary/aromatic N) is 2. The van der Waals surface area contributed by atoms with Crippen molar-refractivity contribution in [3.05, 3.63) is 40.7 Å². The maximum absolute atomic E-state index is 8.70. The normalized spacial score (nSPS) is 16.8. The first-order valence-corrected chi connectivity index (χ1v) is 8.36. The summed E-state index contributed by atoms with van der Waals surface area (Å²) in [5, 5.41) is 43.1. The second kappa shape index (κ2) is 36.6. The molecule has 33 heavy (non-hydrogen) atoms. The van der Waals surface area contributed by atoms with Gasteiger partial charge in [0.25, 0.3) is 0 Å². The third-order valence-electron chi connectivity index (χ3n) is 4.14. The van der Waals surface area contributed by atoms with Gasteiger partial charge in [0.15, 0.2) is 12.6 Å². The summed E-state index contributed by atoms with van der Waals surface area (Å²) in [4.78, 5) is 0. The number of allylic oxidation sites excluding steroid dienone is 2. The zero-order chi connectivity index (χ0) is 17.9. The van der Waals surface area contributed by atoms with Crippen molar-refractivity contribution in [2.75, 3.05) is 19.6 Å². The fraction of sp³-hybridized carbons (Fsp3) is 0.750. The number of quaternary nitrogens is 1. The van der Waals surface area contributed by atoms with Gasteiger partial charge in [0.1, 0.15) is 6.04 Å². The van der Waals surface area contributed by atoms with Gasteiger partial charge in [-0.3, -0.25) is 0 Å². The maximum Gasteiger partial charge on any atom is 0.157 e. The minimum Gasteiger partial charge on any atom is -0.693 e. The van der Waals surface area contributed by atoms with Crippen LogP contribution in [-0.2, 0) is 109 Å². The largest absolute Gasteiger partial charge is 0.693 e. The Kier molecular flexibility index (Phi) is 66.8. The zero-order valence-electron chi connectivity index (χ0n) is 19.4. The van der Waals surface area contributed by atoms with E-state index in [4.69, 9.17) is 26.2 Å². The van der Waals surface area contributed by atoms with Gasteiger partial charge in [-0.1, -0.05) is 25.0 Å². The maximum atomic E-state index is 8.70. The number of aliphatic hydroxyl groups is 4. The van der Waals surface area contributed by atoms with Gasteiger partial charge in [0.05, 0.1) is 6.42 Å². The molecule has 3 unspecified atom stereocenters. The summed E-state index contributed by atoms with van der Waals surface area (Å²) in [5.41, 5.74) is 10.6. The number of hydrogen-bond acceptors (Lipinski definition) is 5. The van der Waals surface area contributed by atoms with Crippen LogP contribution in [0.4, 0.5) is 0 Å². The molecule has 0 aromatic rings. The molecule has 0 amide bonds. The molecule has 17 heteroatoms. The van der Waals surface area contributed by atoms with Gasteiger partial charge in [0.2, 0.25) is 0 Å². The number of aliphatic hydroxyl groups excluding tert-OH is 2. The van der Waals surface area contributed by atoms with Gasteiger partial charge >= 0.3 is 0 Å². The van der Waals surface area contributed by atoms with E-state index in [1.807, 2.05) is 12.2 Å². The number of hydrogen-bond donors (Lipinski definition) is 6. The van der Waals surface area contributed by atoms with Crippen molar-refractivity contribution in [2.24, 2.45) is 11.7 Å². The summed E-state index contributed by atoms with van der Waals surface area (Å²) in [6.45, 7) is 2.34. The van der Waals surface area contributed by atoms with E-state index in [0.29, 0.717) is 12.5 Å². The van der Waals surface area contributed by atoms with Gasteiger partial charge in [-0.25, -0.2) is 0 Å². The van der Waals surface area contributed by atoms with Crippen LogP contribution in [0.15, 0.2) is 23.9 Å². The average molecular weight is 881 g/mol. The summed E-state index contributed by atoms with van der Waals surface area (Å²) in [5.74, 6) is 0.348. The van der Waals surface area contributed by atoms with E-state index in [1.54, 1.807) is 6.20 Å². The van der Waals surface area contributed by atoms with Gasteiger partial charge in [-0.15, -0.1) is 19.6 Å². The molecule has 1 fully saturated rings. The van der Waals surface area contributed by atoms with E-state index in [1.165, 1.54) is 0 Å². The molecule has 2 rings (SSSR count). The smallest absolute Gasteiger partial charge is 0.157 e. The Morgan fingerprint density at radius 1 is 0.970 bits per heavy atom. The fourth-order valence-electron chi connectivity index (χ4n) is 2.71. The number of rotatable bonds is 6. The number of nitrogens with two attached hydrogens (primary N) is 2. The molecule has 0 spiro atoms. The predicted octanol–water partition coefficient (Wildman–Crippen LogP) is -3.67. The van der Waals surface area contributed by atoms with E-state index in [0.717, 1.165) is 31.5 Å². The van der Waals surface area contributed by atoms with Crippen LogP contribution in [0.5, 0.6) is 0 Å². The van der Waals surface area contributed by atoms with Crippen molar-refractivity contribution >= 4 is 0 Å². The molecule has 0 saturated carbocycles. The van der Waals surface area contributed by atoms with Gasteiger partial charge in [0, 0.05) is 122 Å². The minimum atomic E-state index is -1.28. The standard InChI is InChI=1S/C8H17N2O2.C8H13N2O2.4Cd.H2N.4H2O/c2*9-7(4-8(11)12)6-2-1-3-10-5-6;;;;;;;;;/h6-8,11-12H,1-5,9H2;1-3,7-8,11-12H,4-5,9H2;;;;;5*1H2/q2*-1;;;;;-1;;;;/p+1. The van der Waals surface area contributed by atoms with Crippen LogP contribution in [0.3, 0.4) is 0 Å². The Labute approximate surface area is 276 Å². The first kappa shape index (κ1) is 60.2. The molecule has 0 aromatic carbocycles. The average Bonchev–Trinajstić information content (AvgIpc) is 2.56. The van der Waals surface area contributed by atoms with Crippen LogP contribution in [-0.4, -0.2) is 86.6 Å². The molecule has 188 valence electrons. The molecule has 2 aliphatic rings. The monoisotopic (exact) mass is 887 g/mol. The number of piperidine rings is 1. The Balaban J connectivity index is -0.0000000392. The van der Waals surface area contributed by atoms with E-state index >= 15 is 0 Å². The van der Waals surface area contributed by atoms with Crippen LogP contribution in [0.2, 0.25) is 0 Å². The summed E-state index contributed by atoms with van der Waals surface area (Å²) in [6.07, 6.45) is 5.62. The van der Waals surface area contributed by atoms with Crippen molar-refractivity contribution in [2.45, 2.75) is 50.3 Å². The van der Waals surface area contributed by atoms with E-state index in [2.05, 4.69) is 16.4 Å². The molecule has 19 N–H and O–H groups in total. The van der Waals surface area contributed by atoms with E-state index in [9.17, 15) is 0 Å². The van der Waals surface area contributed by atoms with Crippen molar-refractivity contribution in [1.82, 2.24) is 0 Å². The molecule has 0 aromatic heterocycles. The molecular weight excluding hydrogens is 840 g/mol. The molecule has 2 heterocycles. The van der Waals surface area contributed by atoms with Crippen molar-refractivity contribution < 1.29 is 157 Å². The van der Waals surface area contributed by atoms with Crippen LogP contribution >= 0.6 is 0 Å². The summed E-state index contributed by atoms with van der Waals surface area (Å²) in [7, 11) is 0. The van der Waals surface area contributed by atoms with Crippen LogP contribution in [0, 0.1) is 5.92 Å². The third kappa shape index (κ3) is 30.6. The molecule has 0 radical (unpaired) electrons. The Morgan fingerprint density at radius 3 is 1.85 bits per heavy atom. The molecule has 0 bridgehead atoms. The second-order valence-corrected chi connectivity index (χ2v) is 6.25. The molecule has 3 atom stereocenters.